The lowest BCUT2D eigenvalue weighted by molar-refractivity contribution is 0.0878. The Bertz CT molecular complexity index is 449. The van der Waals surface area contributed by atoms with Gasteiger partial charge in [0.2, 0.25) is 0 Å². The second-order valence-electron chi connectivity index (χ2n) is 4.83. The van der Waals surface area contributed by atoms with Crippen LogP contribution in [0, 0.1) is 17.6 Å². The molecule has 0 aliphatic heterocycles. The van der Waals surface area contributed by atoms with Crippen LogP contribution < -0.4 is 11.1 Å². The van der Waals surface area contributed by atoms with Gasteiger partial charge in [-0.25, -0.2) is 8.78 Å². The van der Waals surface area contributed by atoms with E-state index in [-0.39, 0.29) is 18.0 Å². The number of amides is 1. The number of hydrogen-bond acceptors (Lipinski definition) is 2. The summed E-state index contributed by atoms with van der Waals surface area (Å²) in [4.78, 5) is 11.9. The van der Waals surface area contributed by atoms with E-state index in [0.29, 0.717) is 0 Å². The SMILES string of the molecule is CC(C)C(C)(CN)NC(=O)c1cccc(F)c1F. The summed E-state index contributed by atoms with van der Waals surface area (Å²) < 4.78 is 26.5. The molecule has 0 aliphatic rings. The van der Waals surface area contributed by atoms with Gasteiger partial charge in [0.1, 0.15) is 0 Å². The average Bonchev–Trinajstić information content (AvgIpc) is 2.32. The molecule has 3 N–H and O–H groups in total. The molecule has 1 aromatic rings. The first-order chi connectivity index (χ1) is 8.31. The largest absolute Gasteiger partial charge is 0.345 e. The zero-order chi connectivity index (χ0) is 13.9. The van der Waals surface area contributed by atoms with Crippen LogP contribution in [0.5, 0.6) is 0 Å². The maximum Gasteiger partial charge on any atom is 0.254 e. The fourth-order valence-corrected chi connectivity index (χ4v) is 1.44. The summed E-state index contributed by atoms with van der Waals surface area (Å²) in [7, 11) is 0. The first kappa shape index (κ1) is 14.6. The van der Waals surface area contributed by atoms with Crippen molar-refractivity contribution in [1.82, 2.24) is 5.32 Å². The van der Waals surface area contributed by atoms with Gasteiger partial charge in [0.15, 0.2) is 11.6 Å². The second kappa shape index (κ2) is 5.44. The van der Waals surface area contributed by atoms with Crippen LogP contribution in [0.4, 0.5) is 8.78 Å². The molecule has 1 rings (SSSR count). The third-order valence-corrected chi connectivity index (χ3v) is 3.29. The van der Waals surface area contributed by atoms with Crippen LogP contribution in [0.15, 0.2) is 18.2 Å². The molecule has 100 valence electrons. The minimum Gasteiger partial charge on any atom is -0.345 e. The Hall–Kier alpha value is -1.49. The van der Waals surface area contributed by atoms with Gasteiger partial charge in [-0.05, 0) is 25.0 Å². The first-order valence-corrected chi connectivity index (χ1v) is 5.78. The molecule has 1 amide bonds. The van der Waals surface area contributed by atoms with Crippen molar-refractivity contribution in [3.8, 4) is 0 Å². The Kier molecular flexibility index (Phi) is 4.40. The van der Waals surface area contributed by atoms with E-state index in [0.717, 1.165) is 6.07 Å². The first-order valence-electron chi connectivity index (χ1n) is 5.78. The molecule has 1 aromatic carbocycles. The lowest BCUT2D eigenvalue weighted by Gasteiger charge is -2.33. The number of halogens is 2. The van der Waals surface area contributed by atoms with Gasteiger partial charge >= 0.3 is 0 Å². The number of nitrogens with one attached hydrogen (secondary N) is 1. The van der Waals surface area contributed by atoms with Gasteiger partial charge in [-0.3, -0.25) is 4.79 Å². The topological polar surface area (TPSA) is 55.1 Å². The van der Waals surface area contributed by atoms with E-state index in [9.17, 15) is 13.6 Å². The van der Waals surface area contributed by atoms with Gasteiger partial charge in [0.25, 0.3) is 5.91 Å². The number of nitrogens with two attached hydrogens (primary N) is 1. The summed E-state index contributed by atoms with van der Waals surface area (Å²) in [5, 5.41) is 2.66. The van der Waals surface area contributed by atoms with E-state index in [1.165, 1.54) is 12.1 Å². The molecule has 0 bridgehead atoms. The van der Waals surface area contributed by atoms with E-state index in [4.69, 9.17) is 5.73 Å². The number of rotatable bonds is 4. The van der Waals surface area contributed by atoms with Crippen molar-refractivity contribution in [2.24, 2.45) is 11.7 Å². The lowest BCUT2D eigenvalue weighted by atomic mass is 9.88. The van der Waals surface area contributed by atoms with Gasteiger partial charge in [-0.15, -0.1) is 0 Å². The average molecular weight is 256 g/mol. The summed E-state index contributed by atoms with van der Waals surface area (Å²) >= 11 is 0. The van der Waals surface area contributed by atoms with E-state index in [1.807, 2.05) is 13.8 Å². The molecule has 0 spiro atoms. The van der Waals surface area contributed by atoms with E-state index >= 15 is 0 Å². The molecular formula is C13H18F2N2O. The van der Waals surface area contributed by atoms with Crippen molar-refractivity contribution in [3.05, 3.63) is 35.4 Å². The monoisotopic (exact) mass is 256 g/mol. The Morgan fingerprint density at radius 3 is 2.56 bits per heavy atom. The molecule has 18 heavy (non-hydrogen) atoms. The molecule has 3 nitrogen and oxygen atoms in total. The zero-order valence-electron chi connectivity index (χ0n) is 10.8. The highest BCUT2D eigenvalue weighted by Crippen LogP contribution is 2.17. The molecule has 0 fully saturated rings. The van der Waals surface area contributed by atoms with Crippen molar-refractivity contribution in [1.29, 1.82) is 0 Å². The quantitative estimate of drug-likeness (QED) is 0.866. The fraction of sp³-hybridized carbons (Fsp3) is 0.462. The van der Waals surface area contributed by atoms with Gasteiger partial charge in [-0.2, -0.15) is 0 Å². The lowest BCUT2D eigenvalue weighted by Crippen LogP contribution is -2.55. The molecule has 0 saturated carbocycles. The van der Waals surface area contributed by atoms with Gasteiger partial charge in [-0.1, -0.05) is 19.9 Å². The number of hydrogen-bond donors (Lipinski definition) is 2. The second-order valence-corrected chi connectivity index (χ2v) is 4.83. The maximum atomic E-state index is 13.5. The Morgan fingerprint density at radius 2 is 2.06 bits per heavy atom. The molecule has 0 aromatic heterocycles. The highest BCUT2D eigenvalue weighted by atomic mass is 19.2. The van der Waals surface area contributed by atoms with E-state index in [2.05, 4.69) is 5.32 Å². The van der Waals surface area contributed by atoms with E-state index in [1.54, 1.807) is 6.92 Å². The molecule has 0 radical (unpaired) electrons. The summed E-state index contributed by atoms with van der Waals surface area (Å²) in [6, 6.07) is 3.50. The normalized spacial score (nSPS) is 14.4. The van der Waals surface area contributed by atoms with Crippen molar-refractivity contribution >= 4 is 5.91 Å². The Balaban J connectivity index is 2.99. The van der Waals surface area contributed by atoms with Crippen LogP contribution in [0.1, 0.15) is 31.1 Å². The fourth-order valence-electron chi connectivity index (χ4n) is 1.44. The highest BCUT2D eigenvalue weighted by Gasteiger charge is 2.30. The minimum absolute atomic E-state index is 0.0723. The molecule has 5 heteroatoms. The number of carbonyl (C=O) groups excluding carboxylic acids is 1. The maximum absolute atomic E-state index is 13.5. The molecule has 0 heterocycles. The van der Waals surface area contributed by atoms with Crippen molar-refractivity contribution in [2.45, 2.75) is 26.3 Å². The minimum atomic E-state index is -1.14. The third-order valence-electron chi connectivity index (χ3n) is 3.29. The van der Waals surface area contributed by atoms with Crippen LogP contribution in [-0.2, 0) is 0 Å². The van der Waals surface area contributed by atoms with Gasteiger partial charge in [0, 0.05) is 6.54 Å². The summed E-state index contributed by atoms with van der Waals surface area (Å²) in [5.41, 5.74) is 4.65. The van der Waals surface area contributed by atoms with Crippen LogP contribution in [-0.4, -0.2) is 18.0 Å². The summed E-state index contributed by atoms with van der Waals surface area (Å²) in [5.74, 6) is -2.77. The number of carbonyl (C=O) groups is 1. The summed E-state index contributed by atoms with van der Waals surface area (Å²) in [6.07, 6.45) is 0. The van der Waals surface area contributed by atoms with Crippen molar-refractivity contribution in [2.75, 3.05) is 6.54 Å². The predicted molar refractivity (Wildman–Crippen MR) is 66.1 cm³/mol. The Morgan fingerprint density at radius 1 is 1.44 bits per heavy atom. The van der Waals surface area contributed by atoms with Crippen molar-refractivity contribution in [3.63, 3.8) is 0 Å². The Labute approximate surface area is 105 Å². The molecule has 0 saturated heterocycles. The zero-order valence-corrected chi connectivity index (χ0v) is 10.8. The van der Waals surface area contributed by atoms with Crippen LogP contribution in [0.2, 0.25) is 0 Å². The standard InChI is InChI=1S/C13H18F2N2O/c1-8(2)13(3,7-16)17-12(18)9-5-4-6-10(14)11(9)15/h4-6,8H,7,16H2,1-3H3,(H,17,18). The third kappa shape index (κ3) is 2.85. The summed E-state index contributed by atoms with van der Waals surface area (Å²) in [6.45, 7) is 5.78. The van der Waals surface area contributed by atoms with Crippen molar-refractivity contribution < 1.29 is 13.6 Å². The number of benzene rings is 1. The molecule has 1 unspecified atom stereocenters. The van der Waals surface area contributed by atoms with Crippen LogP contribution in [0.3, 0.4) is 0 Å². The molecule has 1 atom stereocenters. The van der Waals surface area contributed by atoms with Gasteiger partial charge in [0.05, 0.1) is 11.1 Å². The molecule has 0 aliphatic carbocycles. The molecular weight excluding hydrogens is 238 g/mol. The highest BCUT2D eigenvalue weighted by molar-refractivity contribution is 5.95. The predicted octanol–water partition coefficient (Wildman–Crippen LogP) is 2.07. The van der Waals surface area contributed by atoms with Gasteiger partial charge < -0.3 is 11.1 Å². The van der Waals surface area contributed by atoms with Crippen LogP contribution >= 0.6 is 0 Å². The smallest absolute Gasteiger partial charge is 0.254 e. The van der Waals surface area contributed by atoms with Crippen LogP contribution in [0.25, 0.3) is 0 Å². The van der Waals surface area contributed by atoms with E-state index < -0.39 is 23.1 Å².